The number of ether oxygens (including phenoxy) is 4. The Morgan fingerprint density at radius 1 is 1.22 bits per heavy atom. The molecule has 5 heterocycles. The van der Waals surface area contributed by atoms with E-state index in [1.54, 1.807) is 12.7 Å². The summed E-state index contributed by atoms with van der Waals surface area (Å²) < 4.78 is 25.9. The molecule has 3 aliphatic heterocycles. The number of hydrogen-bond acceptors (Lipinski definition) is 8. The van der Waals surface area contributed by atoms with Crippen LogP contribution < -0.4 is 5.32 Å². The standard InChI is InChI=1S/C18H25N5O4/c1-4-11-13-14(27-18(2,3)26-13)17(25-11)23-9-21-12-15(19-8-20-16(12)23)22-10-5-6-24-7-10/h8-11,13-14,17H,4-7H2,1-3H3,(H,19,20,22). The van der Waals surface area contributed by atoms with Gasteiger partial charge in [-0.2, -0.15) is 0 Å². The Kier molecular flexibility index (Phi) is 4.08. The zero-order valence-electron chi connectivity index (χ0n) is 15.8. The number of fused-ring (bicyclic) bond motifs is 2. The molecule has 5 rings (SSSR count). The minimum Gasteiger partial charge on any atom is -0.379 e. The lowest BCUT2D eigenvalue weighted by Gasteiger charge is -2.24. The second-order valence-electron chi connectivity index (χ2n) is 7.79. The second kappa shape index (κ2) is 6.37. The molecule has 0 aliphatic carbocycles. The van der Waals surface area contributed by atoms with Gasteiger partial charge in [0.25, 0.3) is 0 Å². The van der Waals surface area contributed by atoms with Gasteiger partial charge in [-0.15, -0.1) is 0 Å². The summed E-state index contributed by atoms with van der Waals surface area (Å²) in [5.41, 5.74) is 1.45. The highest BCUT2D eigenvalue weighted by Gasteiger charge is 2.55. The van der Waals surface area contributed by atoms with Crippen LogP contribution in [0.2, 0.25) is 0 Å². The molecule has 2 aromatic heterocycles. The molecule has 27 heavy (non-hydrogen) atoms. The van der Waals surface area contributed by atoms with Crippen molar-refractivity contribution in [2.45, 2.75) is 70.0 Å². The van der Waals surface area contributed by atoms with Crippen LogP contribution in [0.25, 0.3) is 11.2 Å². The van der Waals surface area contributed by atoms with Crippen LogP contribution in [0, 0.1) is 0 Å². The Bertz CT molecular complexity index is 834. The van der Waals surface area contributed by atoms with Gasteiger partial charge in [-0.1, -0.05) is 6.92 Å². The van der Waals surface area contributed by atoms with Gasteiger partial charge >= 0.3 is 0 Å². The van der Waals surface area contributed by atoms with Gasteiger partial charge < -0.3 is 24.3 Å². The van der Waals surface area contributed by atoms with Crippen LogP contribution in [0.5, 0.6) is 0 Å². The third kappa shape index (κ3) is 2.89. The molecule has 3 aliphatic rings. The molecule has 0 radical (unpaired) electrons. The summed E-state index contributed by atoms with van der Waals surface area (Å²) in [7, 11) is 0. The fraction of sp³-hybridized carbons (Fsp3) is 0.722. The topological polar surface area (TPSA) is 92.6 Å². The maximum Gasteiger partial charge on any atom is 0.167 e. The molecule has 9 heteroatoms. The highest BCUT2D eigenvalue weighted by Crippen LogP contribution is 2.44. The van der Waals surface area contributed by atoms with Crippen molar-refractivity contribution in [1.82, 2.24) is 19.5 Å². The number of rotatable bonds is 4. The maximum atomic E-state index is 6.27. The van der Waals surface area contributed by atoms with Crippen molar-refractivity contribution >= 4 is 17.0 Å². The molecule has 1 N–H and O–H groups in total. The van der Waals surface area contributed by atoms with Gasteiger partial charge in [-0.3, -0.25) is 4.57 Å². The summed E-state index contributed by atoms with van der Waals surface area (Å²) >= 11 is 0. The molecule has 3 fully saturated rings. The van der Waals surface area contributed by atoms with E-state index < -0.39 is 5.79 Å². The zero-order valence-corrected chi connectivity index (χ0v) is 15.8. The Morgan fingerprint density at radius 2 is 2.07 bits per heavy atom. The number of nitrogens with one attached hydrogen (secondary N) is 1. The molecular formula is C18H25N5O4. The minimum absolute atomic E-state index is 0.0192. The Hall–Kier alpha value is -1.81. The van der Waals surface area contributed by atoms with E-state index in [1.165, 1.54) is 0 Å². The number of nitrogens with zero attached hydrogens (tertiary/aromatic N) is 4. The number of hydrogen-bond donors (Lipinski definition) is 1. The van der Waals surface area contributed by atoms with Gasteiger partial charge in [0.05, 0.1) is 25.1 Å². The molecule has 0 spiro atoms. The lowest BCUT2D eigenvalue weighted by Crippen LogP contribution is -2.28. The first kappa shape index (κ1) is 17.3. The van der Waals surface area contributed by atoms with Crippen molar-refractivity contribution in [2.75, 3.05) is 18.5 Å². The van der Waals surface area contributed by atoms with E-state index in [0.717, 1.165) is 36.4 Å². The van der Waals surface area contributed by atoms with E-state index in [-0.39, 0.29) is 30.6 Å². The molecule has 2 aromatic rings. The second-order valence-corrected chi connectivity index (χ2v) is 7.79. The monoisotopic (exact) mass is 375 g/mol. The Balaban J connectivity index is 1.48. The molecule has 0 aromatic carbocycles. The van der Waals surface area contributed by atoms with Crippen molar-refractivity contribution in [2.24, 2.45) is 0 Å². The van der Waals surface area contributed by atoms with Crippen LogP contribution in [0.15, 0.2) is 12.7 Å². The first-order valence-corrected chi connectivity index (χ1v) is 9.58. The van der Waals surface area contributed by atoms with E-state index in [2.05, 4.69) is 27.2 Å². The third-order valence-electron chi connectivity index (χ3n) is 5.43. The fourth-order valence-electron chi connectivity index (χ4n) is 4.20. The van der Waals surface area contributed by atoms with E-state index in [4.69, 9.17) is 18.9 Å². The summed E-state index contributed by atoms with van der Waals surface area (Å²) in [6.07, 6.45) is 4.48. The van der Waals surface area contributed by atoms with E-state index in [9.17, 15) is 0 Å². The van der Waals surface area contributed by atoms with Crippen molar-refractivity contribution < 1.29 is 18.9 Å². The van der Waals surface area contributed by atoms with Gasteiger partial charge in [-0.25, -0.2) is 15.0 Å². The van der Waals surface area contributed by atoms with Crippen LogP contribution >= 0.6 is 0 Å². The van der Waals surface area contributed by atoms with Crippen molar-refractivity contribution in [3.05, 3.63) is 12.7 Å². The summed E-state index contributed by atoms with van der Waals surface area (Å²) in [6.45, 7) is 7.42. The Labute approximate surface area is 157 Å². The predicted molar refractivity (Wildman–Crippen MR) is 96.2 cm³/mol. The largest absolute Gasteiger partial charge is 0.379 e. The van der Waals surface area contributed by atoms with Crippen molar-refractivity contribution in [3.8, 4) is 0 Å². The average molecular weight is 375 g/mol. The van der Waals surface area contributed by atoms with Crippen molar-refractivity contribution in [1.29, 1.82) is 0 Å². The van der Waals surface area contributed by atoms with Gasteiger partial charge in [0.1, 0.15) is 18.5 Å². The van der Waals surface area contributed by atoms with Crippen LogP contribution in [-0.2, 0) is 18.9 Å². The first-order chi connectivity index (χ1) is 13.1. The molecule has 5 atom stereocenters. The summed E-state index contributed by atoms with van der Waals surface area (Å²) in [5.74, 6) is 0.102. The van der Waals surface area contributed by atoms with Gasteiger partial charge in [0.15, 0.2) is 29.0 Å². The fourth-order valence-corrected chi connectivity index (χ4v) is 4.20. The van der Waals surface area contributed by atoms with E-state index in [0.29, 0.717) is 6.61 Å². The smallest absolute Gasteiger partial charge is 0.167 e. The molecule has 9 nitrogen and oxygen atoms in total. The normalized spacial score (nSPS) is 35.0. The minimum atomic E-state index is -0.620. The number of aromatic nitrogens is 4. The summed E-state index contributed by atoms with van der Waals surface area (Å²) in [4.78, 5) is 13.4. The highest BCUT2D eigenvalue weighted by atomic mass is 16.8. The van der Waals surface area contributed by atoms with Crippen LogP contribution in [0.3, 0.4) is 0 Å². The van der Waals surface area contributed by atoms with E-state index in [1.807, 2.05) is 18.4 Å². The van der Waals surface area contributed by atoms with Crippen LogP contribution in [0.4, 0.5) is 5.82 Å². The third-order valence-corrected chi connectivity index (χ3v) is 5.43. The molecule has 5 unspecified atom stereocenters. The number of anilines is 1. The summed E-state index contributed by atoms with van der Waals surface area (Å²) in [6, 6.07) is 0.247. The molecular weight excluding hydrogens is 350 g/mol. The molecule has 0 bridgehead atoms. The molecule has 0 amide bonds. The van der Waals surface area contributed by atoms with Crippen molar-refractivity contribution in [3.63, 3.8) is 0 Å². The summed E-state index contributed by atoms with van der Waals surface area (Å²) in [5, 5.41) is 3.42. The molecule has 0 saturated carbocycles. The lowest BCUT2D eigenvalue weighted by molar-refractivity contribution is -0.196. The van der Waals surface area contributed by atoms with Gasteiger partial charge in [0.2, 0.25) is 0 Å². The Morgan fingerprint density at radius 3 is 2.85 bits per heavy atom. The predicted octanol–water partition coefficient (Wildman–Crippen LogP) is 1.85. The zero-order chi connectivity index (χ0) is 18.6. The average Bonchev–Trinajstić information content (AvgIpc) is 3.38. The highest BCUT2D eigenvalue weighted by molar-refractivity contribution is 5.82. The SMILES string of the molecule is CCC1OC(n2cnc3c(NC4CCOC4)ncnc32)C2OC(C)(C)OC12. The molecule has 146 valence electrons. The first-order valence-electron chi connectivity index (χ1n) is 9.58. The van der Waals surface area contributed by atoms with Crippen LogP contribution in [-0.4, -0.2) is 62.9 Å². The van der Waals surface area contributed by atoms with Gasteiger partial charge in [-0.05, 0) is 26.7 Å². The maximum absolute atomic E-state index is 6.27. The number of imidazole rings is 1. The van der Waals surface area contributed by atoms with Crippen LogP contribution in [0.1, 0.15) is 39.8 Å². The molecule has 3 saturated heterocycles. The van der Waals surface area contributed by atoms with E-state index >= 15 is 0 Å². The quantitative estimate of drug-likeness (QED) is 0.866. The lowest BCUT2D eigenvalue weighted by atomic mass is 10.1. The van der Waals surface area contributed by atoms with Gasteiger partial charge in [0, 0.05) is 6.61 Å².